The molecule has 178 valence electrons. The SMILES string of the molecule is CCOC(=O)C1CSCCN1C(=O)C1CCN(S(=O)(=O)c2ccccc2C(F)(F)F)CC1. The molecule has 1 amide bonds. The van der Waals surface area contributed by atoms with Gasteiger partial charge in [-0.25, -0.2) is 13.2 Å². The number of carbonyl (C=O) groups excluding carboxylic acids is 2. The van der Waals surface area contributed by atoms with Crippen LogP contribution in [0.25, 0.3) is 0 Å². The molecule has 2 fully saturated rings. The first kappa shape index (κ1) is 24.8. The van der Waals surface area contributed by atoms with Crippen LogP contribution in [0.2, 0.25) is 0 Å². The molecule has 1 unspecified atom stereocenters. The summed E-state index contributed by atoms with van der Waals surface area (Å²) in [4.78, 5) is 26.0. The van der Waals surface area contributed by atoms with Crippen molar-refractivity contribution in [3.63, 3.8) is 0 Å². The van der Waals surface area contributed by atoms with Gasteiger partial charge in [0.05, 0.1) is 17.1 Å². The summed E-state index contributed by atoms with van der Waals surface area (Å²) in [6.07, 6.45) is -4.46. The average molecular weight is 495 g/mol. The van der Waals surface area contributed by atoms with Gasteiger partial charge in [0, 0.05) is 37.1 Å². The fourth-order valence-corrected chi connectivity index (χ4v) is 6.66. The first-order chi connectivity index (χ1) is 15.1. The number of sulfonamides is 1. The minimum absolute atomic E-state index is 0.0718. The molecule has 1 aromatic rings. The summed E-state index contributed by atoms with van der Waals surface area (Å²) in [5.74, 6) is -0.0815. The van der Waals surface area contributed by atoms with Crippen molar-refractivity contribution in [3.05, 3.63) is 29.8 Å². The number of alkyl halides is 3. The van der Waals surface area contributed by atoms with Crippen LogP contribution in [0.4, 0.5) is 13.2 Å². The molecule has 1 atom stereocenters. The van der Waals surface area contributed by atoms with E-state index in [0.717, 1.165) is 22.5 Å². The van der Waals surface area contributed by atoms with Crippen molar-refractivity contribution in [2.24, 2.45) is 5.92 Å². The lowest BCUT2D eigenvalue weighted by Gasteiger charge is -2.38. The Balaban J connectivity index is 1.71. The predicted octanol–water partition coefficient (Wildman–Crippen LogP) is 2.61. The fraction of sp³-hybridized carbons (Fsp3) is 0.600. The van der Waals surface area contributed by atoms with Crippen LogP contribution in [0.1, 0.15) is 25.3 Å². The molecule has 1 aromatic carbocycles. The molecule has 7 nitrogen and oxygen atoms in total. The molecular formula is C20H25F3N2O5S2. The molecule has 0 N–H and O–H groups in total. The standard InChI is InChI=1S/C20H25F3N2O5S2/c1-2-30-19(27)16-13-31-12-11-25(16)18(26)14-7-9-24(10-8-14)32(28,29)17-6-4-3-5-15(17)20(21,22)23/h3-6,14,16H,2,7-13H2,1H3. The van der Waals surface area contributed by atoms with Crippen molar-refractivity contribution in [3.8, 4) is 0 Å². The minimum atomic E-state index is -4.80. The maximum atomic E-state index is 13.3. The van der Waals surface area contributed by atoms with E-state index in [-0.39, 0.29) is 38.4 Å². The van der Waals surface area contributed by atoms with Gasteiger partial charge in [-0.05, 0) is 31.9 Å². The molecule has 0 saturated carbocycles. The molecule has 32 heavy (non-hydrogen) atoms. The highest BCUT2D eigenvalue weighted by Gasteiger charge is 2.42. The number of piperidine rings is 1. The number of amides is 1. The number of hydrogen-bond acceptors (Lipinski definition) is 6. The molecule has 0 spiro atoms. The normalized spacial score (nSPS) is 21.4. The number of benzene rings is 1. The number of rotatable bonds is 5. The van der Waals surface area contributed by atoms with E-state index in [1.54, 1.807) is 18.7 Å². The van der Waals surface area contributed by atoms with Crippen molar-refractivity contribution in [1.29, 1.82) is 0 Å². The lowest BCUT2D eigenvalue weighted by atomic mass is 9.96. The number of nitrogens with zero attached hydrogens (tertiary/aromatic N) is 2. The Morgan fingerprint density at radius 2 is 1.81 bits per heavy atom. The van der Waals surface area contributed by atoms with Gasteiger partial charge in [-0.15, -0.1) is 0 Å². The maximum absolute atomic E-state index is 13.3. The summed E-state index contributed by atoms with van der Waals surface area (Å²) in [6, 6.07) is 3.41. The van der Waals surface area contributed by atoms with E-state index in [4.69, 9.17) is 4.74 Å². The third-order valence-corrected chi connectivity index (χ3v) is 8.56. The second-order valence-electron chi connectivity index (χ2n) is 7.55. The number of carbonyl (C=O) groups is 2. The predicted molar refractivity (Wildman–Crippen MR) is 112 cm³/mol. The molecule has 0 aromatic heterocycles. The molecule has 0 aliphatic carbocycles. The van der Waals surface area contributed by atoms with Gasteiger partial charge in [0.2, 0.25) is 15.9 Å². The lowest BCUT2D eigenvalue weighted by Crippen LogP contribution is -2.54. The third kappa shape index (κ3) is 5.23. The maximum Gasteiger partial charge on any atom is 0.417 e. The highest BCUT2D eigenvalue weighted by molar-refractivity contribution is 7.99. The molecule has 2 aliphatic heterocycles. The van der Waals surface area contributed by atoms with E-state index < -0.39 is 44.6 Å². The molecule has 0 bridgehead atoms. The highest BCUT2D eigenvalue weighted by Crippen LogP contribution is 2.36. The Labute approximate surface area is 189 Å². The van der Waals surface area contributed by atoms with Crippen LogP contribution < -0.4 is 0 Å². The average Bonchev–Trinajstić information content (AvgIpc) is 2.78. The van der Waals surface area contributed by atoms with Crippen molar-refractivity contribution in [1.82, 2.24) is 9.21 Å². The Bertz CT molecular complexity index is 947. The van der Waals surface area contributed by atoms with Crippen LogP contribution in [0, 0.1) is 5.92 Å². The topological polar surface area (TPSA) is 84.0 Å². The Morgan fingerprint density at radius 1 is 1.16 bits per heavy atom. The first-order valence-electron chi connectivity index (χ1n) is 10.3. The zero-order valence-corrected chi connectivity index (χ0v) is 19.1. The Hall–Kier alpha value is -1.79. The van der Waals surface area contributed by atoms with E-state index >= 15 is 0 Å². The summed E-state index contributed by atoms with van der Waals surface area (Å²) in [6.45, 7) is 2.14. The van der Waals surface area contributed by atoms with E-state index in [0.29, 0.717) is 18.1 Å². The smallest absolute Gasteiger partial charge is 0.417 e. The van der Waals surface area contributed by atoms with Crippen LogP contribution in [0.15, 0.2) is 29.2 Å². The fourth-order valence-electron chi connectivity index (χ4n) is 3.94. The van der Waals surface area contributed by atoms with Gasteiger partial charge in [0.1, 0.15) is 6.04 Å². The lowest BCUT2D eigenvalue weighted by molar-refractivity contribution is -0.155. The van der Waals surface area contributed by atoms with Crippen LogP contribution in [0.3, 0.4) is 0 Å². The first-order valence-corrected chi connectivity index (χ1v) is 12.9. The molecule has 0 radical (unpaired) electrons. The van der Waals surface area contributed by atoms with Crippen LogP contribution >= 0.6 is 11.8 Å². The molecule has 2 aliphatic rings. The highest BCUT2D eigenvalue weighted by atomic mass is 32.2. The zero-order valence-electron chi connectivity index (χ0n) is 17.5. The number of hydrogen-bond donors (Lipinski definition) is 0. The molecule has 12 heteroatoms. The summed E-state index contributed by atoms with van der Waals surface area (Å²) in [5, 5.41) is 0. The molecule has 3 rings (SSSR count). The van der Waals surface area contributed by atoms with Crippen molar-refractivity contribution < 1.29 is 35.9 Å². The van der Waals surface area contributed by atoms with Crippen LogP contribution in [-0.4, -0.2) is 73.3 Å². The number of halogens is 3. The second kappa shape index (κ2) is 10.0. The minimum Gasteiger partial charge on any atom is -0.464 e. The Kier molecular flexibility index (Phi) is 7.77. The Morgan fingerprint density at radius 3 is 2.44 bits per heavy atom. The largest absolute Gasteiger partial charge is 0.464 e. The van der Waals surface area contributed by atoms with Gasteiger partial charge >= 0.3 is 12.1 Å². The number of esters is 1. The van der Waals surface area contributed by atoms with Crippen LogP contribution in [-0.2, 0) is 30.5 Å². The zero-order chi connectivity index (χ0) is 23.5. The van der Waals surface area contributed by atoms with Gasteiger partial charge in [-0.2, -0.15) is 29.2 Å². The van der Waals surface area contributed by atoms with E-state index in [2.05, 4.69) is 0 Å². The summed E-state index contributed by atoms with van der Waals surface area (Å²) in [5.41, 5.74) is -1.21. The summed E-state index contributed by atoms with van der Waals surface area (Å²) in [7, 11) is -4.37. The number of ether oxygens (including phenoxy) is 1. The summed E-state index contributed by atoms with van der Waals surface area (Å²) >= 11 is 1.56. The monoisotopic (exact) mass is 494 g/mol. The molecule has 2 heterocycles. The second-order valence-corrected chi connectivity index (χ2v) is 10.6. The van der Waals surface area contributed by atoms with Crippen molar-refractivity contribution in [2.75, 3.05) is 37.7 Å². The summed E-state index contributed by atoms with van der Waals surface area (Å²) < 4.78 is 71.8. The van der Waals surface area contributed by atoms with Crippen molar-refractivity contribution >= 4 is 33.7 Å². The van der Waals surface area contributed by atoms with Gasteiger partial charge in [-0.1, -0.05) is 12.1 Å². The van der Waals surface area contributed by atoms with Crippen molar-refractivity contribution in [2.45, 2.75) is 36.9 Å². The van der Waals surface area contributed by atoms with Gasteiger partial charge in [-0.3, -0.25) is 4.79 Å². The van der Waals surface area contributed by atoms with E-state index in [1.807, 2.05) is 0 Å². The third-order valence-electron chi connectivity index (χ3n) is 5.58. The van der Waals surface area contributed by atoms with Crippen LogP contribution in [0.5, 0.6) is 0 Å². The van der Waals surface area contributed by atoms with Gasteiger partial charge in [0.15, 0.2) is 0 Å². The van der Waals surface area contributed by atoms with E-state index in [1.165, 1.54) is 11.0 Å². The van der Waals surface area contributed by atoms with Gasteiger partial charge < -0.3 is 9.64 Å². The van der Waals surface area contributed by atoms with Gasteiger partial charge in [0.25, 0.3) is 0 Å². The molecular weight excluding hydrogens is 469 g/mol. The molecule has 2 saturated heterocycles. The quantitative estimate of drug-likeness (QED) is 0.586. The number of thioether (sulfide) groups is 1. The van der Waals surface area contributed by atoms with E-state index in [9.17, 15) is 31.2 Å².